The molecule has 0 aromatic carbocycles. The summed E-state index contributed by atoms with van der Waals surface area (Å²) in [4.78, 5) is 0. The van der Waals surface area contributed by atoms with Gasteiger partial charge >= 0.3 is 0 Å². The molecule has 21 heavy (non-hydrogen) atoms. The standard InChI is InChI=1S/C13H25N5O2S/c1-3-17(21(2,19)20)8-4-6-14-9-12-10-15-13-5-7-16-18(13)11-12/h5,7,12,14-15H,3-4,6,8-11H2,1-2H3/t12-/m0/s1. The van der Waals surface area contributed by atoms with Gasteiger partial charge in [-0.3, -0.25) is 0 Å². The zero-order valence-corrected chi connectivity index (χ0v) is 13.6. The molecule has 7 nitrogen and oxygen atoms in total. The maximum atomic E-state index is 11.5. The fourth-order valence-electron chi connectivity index (χ4n) is 2.57. The van der Waals surface area contributed by atoms with Gasteiger partial charge in [0.05, 0.1) is 12.5 Å². The molecule has 1 aliphatic rings. The van der Waals surface area contributed by atoms with Crippen LogP contribution in [0.15, 0.2) is 12.3 Å². The van der Waals surface area contributed by atoms with Gasteiger partial charge in [-0.2, -0.15) is 5.10 Å². The van der Waals surface area contributed by atoms with Crippen LogP contribution in [0.25, 0.3) is 0 Å². The normalized spacial score (nSPS) is 18.5. The molecule has 0 aliphatic carbocycles. The van der Waals surface area contributed by atoms with E-state index in [2.05, 4.69) is 15.7 Å². The van der Waals surface area contributed by atoms with Gasteiger partial charge in [0, 0.05) is 44.7 Å². The van der Waals surface area contributed by atoms with Crippen LogP contribution < -0.4 is 10.6 Å². The Balaban J connectivity index is 1.63. The zero-order valence-electron chi connectivity index (χ0n) is 12.7. The van der Waals surface area contributed by atoms with Crippen molar-refractivity contribution < 1.29 is 8.42 Å². The third-order valence-electron chi connectivity index (χ3n) is 3.74. The Hall–Kier alpha value is -1.12. The van der Waals surface area contributed by atoms with Crippen molar-refractivity contribution in [2.24, 2.45) is 5.92 Å². The summed E-state index contributed by atoms with van der Waals surface area (Å²) in [7, 11) is -3.07. The molecule has 0 fully saturated rings. The monoisotopic (exact) mass is 315 g/mol. The van der Waals surface area contributed by atoms with Gasteiger partial charge in [-0.1, -0.05) is 6.92 Å². The van der Waals surface area contributed by atoms with Crippen LogP contribution in [0, 0.1) is 5.92 Å². The number of nitrogens with one attached hydrogen (secondary N) is 2. The van der Waals surface area contributed by atoms with Gasteiger partial charge < -0.3 is 10.6 Å². The van der Waals surface area contributed by atoms with Crippen molar-refractivity contribution in [1.82, 2.24) is 19.4 Å². The average molecular weight is 315 g/mol. The van der Waals surface area contributed by atoms with Crippen molar-refractivity contribution >= 4 is 15.8 Å². The van der Waals surface area contributed by atoms with Gasteiger partial charge in [-0.25, -0.2) is 17.4 Å². The van der Waals surface area contributed by atoms with Gasteiger partial charge in [0.2, 0.25) is 10.0 Å². The van der Waals surface area contributed by atoms with E-state index in [1.807, 2.05) is 23.9 Å². The van der Waals surface area contributed by atoms with Crippen molar-refractivity contribution in [3.05, 3.63) is 12.3 Å². The number of nitrogens with zero attached hydrogens (tertiary/aromatic N) is 3. The second-order valence-electron chi connectivity index (χ2n) is 5.46. The van der Waals surface area contributed by atoms with E-state index in [0.717, 1.165) is 38.4 Å². The van der Waals surface area contributed by atoms with E-state index in [1.165, 1.54) is 10.6 Å². The Morgan fingerprint density at radius 2 is 2.38 bits per heavy atom. The van der Waals surface area contributed by atoms with E-state index in [9.17, 15) is 8.42 Å². The number of rotatable bonds is 8. The predicted octanol–water partition coefficient (Wildman–Crippen LogP) is 0.186. The lowest BCUT2D eigenvalue weighted by Gasteiger charge is -2.25. The van der Waals surface area contributed by atoms with Crippen LogP contribution in [-0.2, 0) is 16.6 Å². The lowest BCUT2D eigenvalue weighted by Crippen LogP contribution is -2.37. The van der Waals surface area contributed by atoms with Crippen molar-refractivity contribution in [2.75, 3.05) is 44.3 Å². The lowest BCUT2D eigenvalue weighted by molar-refractivity contribution is 0.379. The molecule has 2 rings (SSSR count). The smallest absolute Gasteiger partial charge is 0.211 e. The topological polar surface area (TPSA) is 79.3 Å². The average Bonchev–Trinajstić information content (AvgIpc) is 2.88. The summed E-state index contributed by atoms with van der Waals surface area (Å²) in [6, 6.07) is 1.98. The van der Waals surface area contributed by atoms with Gasteiger partial charge in [0.1, 0.15) is 5.82 Å². The highest BCUT2D eigenvalue weighted by molar-refractivity contribution is 7.88. The third kappa shape index (κ3) is 4.69. The van der Waals surface area contributed by atoms with E-state index in [-0.39, 0.29) is 0 Å². The van der Waals surface area contributed by atoms with Crippen LogP contribution in [0.2, 0.25) is 0 Å². The Labute approximate surface area is 126 Å². The van der Waals surface area contributed by atoms with E-state index in [0.29, 0.717) is 19.0 Å². The molecule has 2 N–H and O–H groups in total. The molecule has 0 bridgehead atoms. The molecule has 1 aromatic rings. The molecule has 0 radical (unpaired) electrons. The molecule has 1 aliphatic heterocycles. The van der Waals surface area contributed by atoms with Crippen molar-refractivity contribution in [2.45, 2.75) is 19.9 Å². The highest BCUT2D eigenvalue weighted by atomic mass is 32.2. The number of aromatic nitrogens is 2. The lowest BCUT2D eigenvalue weighted by atomic mass is 10.1. The molecule has 0 saturated carbocycles. The van der Waals surface area contributed by atoms with Gasteiger partial charge in [0.25, 0.3) is 0 Å². The highest BCUT2D eigenvalue weighted by Crippen LogP contribution is 2.15. The quantitative estimate of drug-likeness (QED) is 0.669. The maximum absolute atomic E-state index is 11.5. The minimum atomic E-state index is -3.07. The summed E-state index contributed by atoms with van der Waals surface area (Å²) >= 11 is 0. The third-order valence-corrected chi connectivity index (χ3v) is 5.11. The van der Waals surface area contributed by atoms with Gasteiger partial charge in [-0.15, -0.1) is 0 Å². The summed E-state index contributed by atoms with van der Waals surface area (Å²) < 4.78 is 26.4. The van der Waals surface area contributed by atoms with E-state index >= 15 is 0 Å². The Kier molecular flexibility index (Phi) is 5.60. The molecule has 2 heterocycles. The minimum Gasteiger partial charge on any atom is -0.370 e. The predicted molar refractivity (Wildman–Crippen MR) is 83.8 cm³/mol. The molecule has 0 unspecified atom stereocenters. The summed E-state index contributed by atoms with van der Waals surface area (Å²) in [5.74, 6) is 1.59. The fourth-order valence-corrected chi connectivity index (χ4v) is 3.50. The molecule has 120 valence electrons. The highest BCUT2D eigenvalue weighted by Gasteiger charge is 2.18. The first-order chi connectivity index (χ1) is 10.0. The number of hydrogen-bond acceptors (Lipinski definition) is 5. The second-order valence-corrected chi connectivity index (χ2v) is 7.44. The van der Waals surface area contributed by atoms with Crippen molar-refractivity contribution in [3.8, 4) is 0 Å². The van der Waals surface area contributed by atoms with Crippen molar-refractivity contribution in [3.63, 3.8) is 0 Å². The number of anilines is 1. The first-order valence-corrected chi connectivity index (χ1v) is 9.27. The molecule has 1 aromatic heterocycles. The zero-order chi connectivity index (χ0) is 15.3. The van der Waals surface area contributed by atoms with E-state index in [4.69, 9.17) is 0 Å². The van der Waals surface area contributed by atoms with Crippen LogP contribution >= 0.6 is 0 Å². The van der Waals surface area contributed by atoms with Gasteiger partial charge in [-0.05, 0) is 13.0 Å². The summed E-state index contributed by atoms with van der Waals surface area (Å²) in [6.07, 6.45) is 3.90. The van der Waals surface area contributed by atoms with E-state index in [1.54, 1.807) is 0 Å². The summed E-state index contributed by atoms with van der Waals surface area (Å²) in [5.41, 5.74) is 0. The largest absolute Gasteiger partial charge is 0.370 e. The first kappa shape index (κ1) is 16.3. The van der Waals surface area contributed by atoms with Crippen LogP contribution in [0.4, 0.5) is 5.82 Å². The number of fused-ring (bicyclic) bond motifs is 1. The van der Waals surface area contributed by atoms with Crippen LogP contribution in [0.5, 0.6) is 0 Å². The minimum absolute atomic E-state index is 0.509. The first-order valence-electron chi connectivity index (χ1n) is 7.42. The molecule has 0 amide bonds. The molecular weight excluding hydrogens is 290 g/mol. The number of sulfonamides is 1. The molecule has 1 atom stereocenters. The second kappa shape index (κ2) is 7.24. The Morgan fingerprint density at radius 1 is 1.57 bits per heavy atom. The Morgan fingerprint density at radius 3 is 3.10 bits per heavy atom. The van der Waals surface area contributed by atoms with Crippen LogP contribution in [0.3, 0.4) is 0 Å². The summed E-state index contributed by atoms with van der Waals surface area (Å²) in [6.45, 7) is 6.59. The number of hydrogen-bond donors (Lipinski definition) is 2. The van der Waals surface area contributed by atoms with Crippen LogP contribution in [0.1, 0.15) is 13.3 Å². The van der Waals surface area contributed by atoms with Crippen molar-refractivity contribution in [1.29, 1.82) is 0 Å². The van der Waals surface area contributed by atoms with E-state index < -0.39 is 10.0 Å². The summed E-state index contributed by atoms with van der Waals surface area (Å²) in [5, 5.41) is 11.0. The van der Waals surface area contributed by atoms with Crippen LogP contribution in [-0.4, -0.2) is 61.5 Å². The fraction of sp³-hybridized carbons (Fsp3) is 0.769. The molecule has 0 saturated heterocycles. The Bertz CT molecular complexity index is 543. The molecule has 8 heteroatoms. The maximum Gasteiger partial charge on any atom is 0.211 e. The SMILES string of the molecule is CCN(CCCNC[C@H]1CNc2ccnn2C1)S(C)(=O)=O. The molecule has 0 spiro atoms. The van der Waals surface area contributed by atoms with Gasteiger partial charge in [0.15, 0.2) is 0 Å². The molecular formula is C13H25N5O2S.